The van der Waals surface area contributed by atoms with Crippen molar-refractivity contribution >= 4 is 17.3 Å². The molecule has 0 aliphatic heterocycles. The Labute approximate surface area is 109 Å². The zero-order valence-corrected chi connectivity index (χ0v) is 10.5. The molecule has 1 aliphatic rings. The van der Waals surface area contributed by atoms with Gasteiger partial charge in [-0.05, 0) is 25.0 Å². The molecule has 3 N–H and O–H groups in total. The van der Waals surface area contributed by atoms with E-state index in [-0.39, 0.29) is 23.8 Å². The van der Waals surface area contributed by atoms with Crippen LogP contribution in [0.4, 0.5) is 11.4 Å². The van der Waals surface area contributed by atoms with Crippen molar-refractivity contribution < 1.29 is 14.5 Å². The highest BCUT2D eigenvalue weighted by molar-refractivity contribution is 5.99. The highest BCUT2D eigenvalue weighted by Gasteiger charge is 2.48. The summed E-state index contributed by atoms with van der Waals surface area (Å²) in [7, 11) is 1.42. The SMILES string of the molecule is COc1ccc(NC(=O)C2(CN)CC2)c([N+](=O)[O-])c1. The minimum absolute atomic E-state index is 0.163. The van der Waals surface area contributed by atoms with E-state index in [4.69, 9.17) is 10.5 Å². The highest BCUT2D eigenvalue weighted by atomic mass is 16.6. The minimum Gasteiger partial charge on any atom is -0.496 e. The number of nitro benzene ring substituents is 1. The van der Waals surface area contributed by atoms with Crippen LogP contribution in [0.25, 0.3) is 0 Å². The number of nitrogens with one attached hydrogen (secondary N) is 1. The predicted molar refractivity (Wildman–Crippen MR) is 69.0 cm³/mol. The Hall–Kier alpha value is -2.15. The molecule has 19 heavy (non-hydrogen) atoms. The van der Waals surface area contributed by atoms with Gasteiger partial charge >= 0.3 is 0 Å². The van der Waals surface area contributed by atoms with E-state index < -0.39 is 10.3 Å². The minimum atomic E-state index is -0.555. The number of ether oxygens (including phenoxy) is 1. The summed E-state index contributed by atoms with van der Waals surface area (Å²) in [6.45, 7) is 0.253. The number of hydrogen-bond acceptors (Lipinski definition) is 5. The van der Waals surface area contributed by atoms with Crippen LogP contribution < -0.4 is 15.8 Å². The number of methoxy groups -OCH3 is 1. The molecular formula is C12H15N3O4. The fourth-order valence-electron chi connectivity index (χ4n) is 1.82. The third-order valence-electron chi connectivity index (χ3n) is 3.38. The fourth-order valence-corrected chi connectivity index (χ4v) is 1.82. The van der Waals surface area contributed by atoms with Gasteiger partial charge in [-0.3, -0.25) is 14.9 Å². The smallest absolute Gasteiger partial charge is 0.296 e. The Bertz CT molecular complexity index is 526. The molecule has 1 saturated carbocycles. The number of anilines is 1. The first-order valence-corrected chi connectivity index (χ1v) is 5.86. The van der Waals surface area contributed by atoms with Gasteiger partial charge in [-0.1, -0.05) is 0 Å². The number of nitrogens with two attached hydrogens (primary N) is 1. The standard InChI is InChI=1S/C12H15N3O4/c1-19-8-2-3-9(10(6-8)15(17)18)14-11(16)12(7-13)4-5-12/h2-3,6H,4-5,7,13H2,1H3,(H,14,16). The Morgan fingerprint density at radius 3 is 2.74 bits per heavy atom. The molecule has 7 heteroatoms. The molecule has 1 aromatic carbocycles. The van der Waals surface area contributed by atoms with E-state index in [9.17, 15) is 14.9 Å². The molecule has 0 radical (unpaired) electrons. The Kier molecular flexibility index (Phi) is 3.39. The van der Waals surface area contributed by atoms with E-state index in [1.165, 1.54) is 19.2 Å². The monoisotopic (exact) mass is 265 g/mol. The van der Waals surface area contributed by atoms with E-state index in [1.807, 2.05) is 0 Å². The van der Waals surface area contributed by atoms with Crippen molar-refractivity contribution in [1.29, 1.82) is 0 Å². The first-order valence-electron chi connectivity index (χ1n) is 5.86. The maximum absolute atomic E-state index is 12.0. The van der Waals surface area contributed by atoms with Crippen molar-refractivity contribution in [3.63, 3.8) is 0 Å². The lowest BCUT2D eigenvalue weighted by Crippen LogP contribution is -2.31. The van der Waals surface area contributed by atoms with Crippen LogP contribution >= 0.6 is 0 Å². The van der Waals surface area contributed by atoms with Crippen LogP contribution in [0.3, 0.4) is 0 Å². The van der Waals surface area contributed by atoms with Gasteiger partial charge in [-0.25, -0.2) is 0 Å². The first-order chi connectivity index (χ1) is 9.02. The molecule has 0 aromatic heterocycles. The van der Waals surface area contributed by atoms with Crippen molar-refractivity contribution in [2.75, 3.05) is 19.0 Å². The molecule has 2 rings (SSSR count). The zero-order valence-electron chi connectivity index (χ0n) is 10.5. The number of benzene rings is 1. The van der Waals surface area contributed by atoms with Gasteiger partial charge in [-0.2, -0.15) is 0 Å². The van der Waals surface area contributed by atoms with Gasteiger partial charge in [-0.15, -0.1) is 0 Å². The second kappa shape index (κ2) is 4.85. The fraction of sp³-hybridized carbons (Fsp3) is 0.417. The topological polar surface area (TPSA) is 107 Å². The molecule has 0 bridgehead atoms. The van der Waals surface area contributed by atoms with Gasteiger partial charge in [0.15, 0.2) is 0 Å². The molecule has 0 heterocycles. The molecule has 1 fully saturated rings. The summed E-state index contributed by atoms with van der Waals surface area (Å²) in [6, 6.07) is 4.30. The maximum Gasteiger partial charge on any atom is 0.296 e. The van der Waals surface area contributed by atoms with Crippen LogP contribution in [-0.2, 0) is 4.79 Å². The van der Waals surface area contributed by atoms with Crippen molar-refractivity contribution in [2.45, 2.75) is 12.8 Å². The van der Waals surface area contributed by atoms with Crippen LogP contribution in [0, 0.1) is 15.5 Å². The molecule has 0 unspecified atom stereocenters. The quantitative estimate of drug-likeness (QED) is 0.616. The van der Waals surface area contributed by atoms with E-state index in [0.717, 1.165) is 12.8 Å². The lowest BCUT2D eigenvalue weighted by molar-refractivity contribution is -0.384. The lowest BCUT2D eigenvalue weighted by Gasteiger charge is -2.13. The lowest BCUT2D eigenvalue weighted by atomic mass is 10.1. The van der Waals surface area contributed by atoms with Crippen molar-refractivity contribution in [3.8, 4) is 5.75 Å². The van der Waals surface area contributed by atoms with E-state index in [1.54, 1.807) is 6.07 Å². The summed E-state index contributed by atoms with van der Waals surface area (Å²) in [5, 5.41) is 13.6. The van der Waals surface area contributed by atoms with Crippen LogP contribution in [0.5, 0.6) is 5.75 Å². The van der Waals surface area contributed by atoms with Crippen LogP contribution in [0.2, 0.25) is 0 Å². The van der Waals surface area contributed by atoms with Gasteiger partial charge in [0.25, 0.3) is 5.69 Å². The molecule has 0 saturated heterocycles. The van der Waals surface area contributed by atoms with Crippen molar-refractivity contribution in [3.05, 3.63) is 28.3 Å². The molecule has 7 nitrogen and oxygen atoms in total. The molecule has 0 atom stereocenters. The number of nitro groups is 1. The van der Waals surface area contributed by atoms with Gasteiger partial charge in [0, 0.05) is 6.54 Å². The third kappa shape index (κ3) is 2.50. The van der Waals surface area contributed by atoms with Crippen LogP contribution in [0.15, 0.2) is 18.2 Å². The van der Waals surface area contributed by atoms with Gasteiger partial charge < -0.3 is 15.8 Å². The number of rotatable bonds is 5. The summed E-state index contributed by atoms with van der Waals surface area (Å²) in [4.78, 5) is 22.4. The molecule has 102 valence electrons. The van der Waals surface area contributed by atoms with Crippen LogP contribution in [-0.4, -0.2) is 24.5 Å². The predicted octanol–water partition coefficient (Wildman–Crippen LogP) is 1.28. The molecular weight excluding hydrogens is 250 g/mol. The Balaban J connectivity index is 2.25. The number of amides is 1. The van der Waals surface area contributed by atoms with E-state index in [0.29, 0.717) is 5.75 Å². The Morgan fingerprint density at radius 2 is 2.26 bits per heavy atom. The van der Waals surface area contributed by atoms with Gasteiger partial charge in [0.1, 0.15) is 11.4 Å². The molecule has 0 spiro atoms. The number of nitrogens with zero attached hydrogens (tertiary/aromatic N) is 1. The van der Waals surface area contributed by atoms with Crippen molar-refractivity contribution in [1.82, 2.24) is 0 Å². The van der Waals surface area contributed by atoms with Crippen LogP contribution in [0.1, 0.15) is 12.8 Å². The normalized spacial score (nSPS) is 15.7. The van der Waals surface area contributed by atoms with Gasteiger partial charge in [0.05, 0.1) is 23.5 Å². The second-order valence-corrected chi connectivity index (χ2v) is 4.58. The summed E-state index contributed by atoms with van der Waals surface area (Å²) in [5.74, 6) is 0.105. The Morgan fingerprint density at radius 1 is 1.58 bits per heavy atom. The average Bonchev–Trinajstić information content (AvgIpc) is 3.20. The van der Waals surface area contributed by atoms with Crippen molar-refractivity contribution in [2.24, 2.45) is 11.1 Å². The largest absolute Gasteiger partial charge is 0.496 e. The summed E-state index contributed by atoms with van der Waals surface area (Å²) < 4.78 is 4.93. The molecule has 1 aromatic rings. The number of hydrogen-bond donors (Lipinski definition) is 2. The first kappa shape index (κ1) is 13.3. The summed E-state index contributed by atoms with van der Waals surface area (Å²) in [5.41, 5.74) is 4.97. The van der Waals surface area contributed by atoms with E-state index in [2.05, 4.69) is 5.32 Å². The second-order valence-electron chi connectivity index (χ2n) is 4.58. The summed E-state index contributed by atoms with van der Waals surface area (Å²) >= 11 is 0. The molecule has 1 aliphatic carbocycles. The maximum atomic E-state index is 12.0. The molecule has 1 amide bonds. The van der Waals surface area contributed by atoms with Gasteiger partial charge in [0.2, 0.25) is 5.91 Å². The van der Waals surface area contributed by atoms with E-state index >= 15 is 0 Å². The average molecular weight is 265 g/mol. The zero-order chi connectivity index (χ0) is 14.0. The third-order valence-corrected chi connectivity index (χ3v) is 3.38. The number of carbonyl (C=O) groups is 1. The highest BCUT2D eigenvalue weighted by Crippen LogP contribution is 2.45. The summed E-state index contributed by atoms with van der Waals surface area (Å²) in [6.07, 6.45) is 1.44. The number of carbonyl (C=O) groups excluding carboxylic acids is 1.